The molecule has 1 aliphatic rings. The number of aliphatic hydroxyl groups excluding tert-OH is 1. The van der Waals surface area contributed by atoms with Gasteiger partial charge in [-0.05, 0) is 0 Å². The predicted molar refractivity (Wildman–Crippen MR) is 60.6 cm³/mol. The van der Waals surface area contributed by atoms with Gasteiger partial charge in [-0.25, -0.2) is 4.98 Å². The van der Waals surface area contributed by atoms with E-state index in [1.807, 2.05) is 18.7 Å². The summed E-state index contributed by atoms with van der Waals surface area (Å²) >= 11 is 0. The molecule has 5 nitrogen and oxygen atoms in total. The molecule has 0 spiro atoms. The summed E-state index contributed by atoms with van der Waals surface area (Å²) in [6.07, 6.45) is 1.32. The Morgan fingerprint density at radius 2 is 2.31 bits per heavy atom. The van der Waals surface area contributed by atoms with Gasteiger partial charge < -0.3 is 14.7 Å². The number of ether oxygens (including phenoxy) is 1. The molecule has 2 rings (SSSR count). The zero-order valence-electron chi connectivity index (χ0n) is 9.84. The van der Waals surface area contributed by atoms with Crippen LogP contribution in [0, 0.1) is 5.41 Å². The molecule has 0 amide bonds. The molecule has 0 bridgehead atoms. The lowest BCUT2D eigenvalue weighted by molar-refractivity contribution is 0.0964. The topological polar surface area (TPSA) is 58.5 Å². The van der Waals surface area contributed by atoms with Crippen LogP contribution in [0.1, 0.15) is 13.8 Å². The Balaban J connectivity index is 2.20. The minimum Gasteiger partial charge on any atom is -0.481 e. The third kappa shape index (κ3) is 1.95. The van der Waals surface area contributed by atoms with Crippen LogP contribution in [-0.4, -0.2) is 41.4 Å². The van der Waals surface area contributed by atoms with Crippen LogP contribution in [0.4, 0.5) is 5.95 Å². The van der Waals surface area contributed by atoms with E-state index in [1.165, 1.54) is 0 Å². The smallest absolute Gasteiger partial charge is 0.228 e. The van der Waals surface area contributed by atoms with E-state index >= 15 is 0 Å². The molecule has 88 valence electrons. The van der Waals surface area contributed by atoms with E-state index in [0.717, 1.165) is 6.54 Å². The van der Waals surface area contributed by atoms with Crippen LogP contribution in [0.15, 0.2) is 12.3 Å². The van der Waals surface area contributed by atoms with Crippen molar-refractivity contribution in [3.8, 4) is 5.88 Å². The lowest BCUT2D eigenvalue weighted by atomic mass is 9.90. The fraction of sp³-hybridized carbons (Fsp3) is 0.636. The van der Waals surface area contributed by atoms with E-state index in [0.29, 0.717) is 18.4 Å². The highest BCUT2D eigenvalue weighted by atomic mass is 16.5. The Labute approximate surface area is 95.1 Å². The highest BCUT2D eigenvalue weighted by molar-refractivity contribution is 5.35. The van der Waals surface area contributed by atoms with E-state index in [2.05, 4.69) is 9.97 Å². The van der Waals surface area contributed by atoms with Crippen LogP contribution < -0.4 is 9.64 Å². The first kappa shape index (κ1) is 11.1. The van der Waals surface area contributed by atoms with E-state index < -0.39 is 0 Å². The molecule has 0 unspecified atom stereocenters. The van der Waals surface area contributed by atoms with Crippen LogP contribution in [0.2, 0.25) is 0 Å². The maximum atomic E-state index is 9.89. The van der Waals surface area contributed by atoms with E-state index in [1.54, 1.807) is 19.4 Å². The Hall–Kier alpha value is -1.36. The van der Waals surface area contributed by atoms with Crippen molar-refractivity contribution in [3.05, 3.63) is 12.3 Å². The lowest BCUT2D eigenvalue weighted by Crippen LogP contribution is -2.26. The molecule has 1 aromatic heterocycles. The first-order valence-corrected chi connectivity index (χ1v) is 5.33. The minimum absolute atomic E-state index is 0.119. The maximum absolute atomic E-state index is 9.89. The second-order valence-electron chi connectivity index (χ2n) is 4.78. The van der Waals surface area contributed by atoms with Crippen molar-refractivity contribution >= 4 is 5.95 Å². The molecular weight excluding hydrogens is 206 g/mol. The molecular formula is C11H17N3O2. The van der Waals surface area contributed by atoms with Gasteiger partial charge >= 0.3 is 0 Å². The summed E-state index contributed by atoms with van der Waals surface area (Å²) in [6, 6.07) is 1.71. The summed E-state index contributed by atoms with van der Waals surface area (Å²) in [4.78, 5) is 10.4. The third-order valence-corrected chi connectivity index (χ3v) is 3.00. The molecule has 5 heteroatoms. The summed E-state index contributed by atoms with van der Waals surface area (Å²) < 4.78 is 5.05. The van der Waals surface area contributed by atoms with Crippen molar-refractivity contribution < 1.29 is 9.84 Å². The van der Waals surface area contributed by atoms with Gasteiger partial charge in [0.15, 0.2) is 0 Å². The van der Waals surface area contributed by atoms with Gasteiger partial charge in [0.2, 0.25) is 11.8 Å². The molecule has 1 aromatic rings. The van der Waals surface area contributed by atoms with Crippen LogP contribution >= 0.6 is 0 Å². The fourth-order valence-electron chi connectivity index (χ4n) is 1.87. The van der Waals surface area contributed by atoms with Crippen LogP contribution in [-0.2, 0) is 0 Å². The van der Waals surface area contributed by atoms with E-state index in [-0.39, 0.29) is 11.5 Å². The number of aliphatic hydroxyl groups is 1. The van der Waals surface area contributed by atoms with Gasteiger partial charge in [-0.3, -0.25) is 0 Å². The quantitative estimate of drug-likeness (QED) is 0.799. The highest BCUT2D eigenvalue weighted by Gasteiger charge is 2.39. The third-order valence-electron chi connectivity index (χ3n) is 3.00. The zero-order valence-corrected chi connectivity index (χ0v) is 9.84. The van der Waals surface area contributed by atoms with Crippen molar-refractivity contribution in [1.29, 1.82) is 0 Å². The van der Waals surface area contributed by atoms with Gasteiger partial charge in [0.25, 0.3) is 0 Å². The van der Waals surface area contributed by atoms with Crippen LogP contribution in [0.25, 0.3) is 0 Å². The van der Waals surface area contributed by atoms with E-state index in [9.17, 15) is 5.11 Å². The zero-order chi connectivity index (χ0) is 11.8. The number of rotatable bonds is 2. The van der Waals surface area contributed by atoms with Crippen molar-refractivity contribution in [1.82, 2.24) is 9.97 Å². The average molecular weight is 223 g/mol. The number of aromatic nitrogens is 2. The van der Waals surface area contributed by atoms with Crippen molar-refractivity contribution in [2.24, 2.45) is 5.41 Å². The largest absolute Gasteiger partial charge is 0.481 e. The Morgan fingerprint density at radius 1 is 1.56 bits per heavy atom. The molecule has 0 aromatic carbocycles. The number of nitrogens with zero attached hydrogens (tertiary/aromatic N) is 3. The number of β-amino-alcohol motifs (C(OH)–C–C–N with tert-alkyl or cyclic N) is 1. The summed E-state index contributed by atoms with van der Waals surface area (Å²) in [5, 5.41) is 9.89. The SMILES string of the molecule is COc1ccnc(N2C[C@@H](O)C(C)(C)C2)n1. The van der Waals surface area contributed by atoms with Crippen molar-refractivity contribution in [2.45, 2.75) is 20.0 Å². The second-order valence-corrected chi connectivity index (χ2v) is 4.78. The van der Waals surface area contributed by atoms with Gasteiger partial charge in [-0.15, -0.1) is 0 Å². The fourth-order valence-corrected chi connectivity index (χ4v) is 1.87. The molecule has 1 saturated heterocycles. The highest BCUT2D eigenvalue weighted by Crippen LogP contribution is 2.31. The maximum Gasteiger partial charge on any atom is 0.228 e. The average Bonchev–Trinajstić information content (AvgIpc) is 2.54. The van der Waals surface area contributed by atoms with Gasteiger partial charge in [-0.1, -0.05) is 13.8 Å². The molecule has 0 aliphatic carbocycles. The van der Waals surface area contributed by atoms with E-state index in [4.69, 9.17) is 4.74 Å². The molecule has 0 radical (unpaired) electrons. The lowest BCUT2D eigenvalue weighted by Gasteiger charge is -2.20. The van der Waals surface area contributed by atoms with Gasteiger partial charge in [-0.2, -0.15) is 4.98 Å². The number of anilines is 1. The van der Waals surface area contributed by atoms with Gasteiger partial charge in [0.1, 0.15) is 0 Å². The number of hydrogen-bond donors (Lipinski definition) is 1. The molecule has 1 fully saturated rings. The van der Waals surface area contributed by atoms with Crippen molar-refractivity contribution in [2.75, 3.05) is 25.1 Å². The Bertz CT molecular complexity index is 381. The standard InChI is InChI=1S/C11H17N3O2/c1-11(2)7-14(6-8(11)15)10-12-5-4-9(13-10)16-3/h4-5,8,15H,6-7H2,1-3H3/t8-/m1/s1. The van der Waals surface area contributed by atoms with Crippen molar-refractivity contribution in [3.63, 3.8) is 0 Å². The normalized spacial score (nSPS) is 23.5. The molecule has 1 aliphatic heterocycles. The summed E-state index contributed by atoms with van der Waals surface area (Å²) in [5.41, 5.74) is -0.119. The summed E-state index contributed by atoms with van der Waals surface area (Å²) in [5.74, 6) is 1.16. The molecule has 1 atom stereocenters. The number of methoxy groups -OCH3 is 1. The molecule has 1 N–H and O–H groups in total. The molecule has 2 heterocycles. The Morgan fingerprint density at radius 3 is 2.88 bits per heavy atom. The molecule has 16 heavy (non-hydrogen) atoms. The Kier molecular flexibility index (Phi) is 2.71. The first-order chi connectivity index (χ1) is 7.53. The number of hydrogen-bond acceptors (Lipinski definition) is 5. The minimum atomic E-state index is -0.345. The monoisotopic (exact) mass is 223 g/mol. The van der Waals surface area contributed by atoms with Gasteiger partial charge in [0.05, 0.1) is 13.2 Å². The second kappa shape index (κ2) is 3.90. The molecule has 0 saturated carbocycles. The van der Waals surface area contributed by atoms with Crippen LogP contribution in [0.3, 0.4) is 0 Å². The van der Waals surface area contributed by atoms with Crippen LogP contribution in [0.5, 0.6) is 5.88 Å². The van der Waals surface area contributed by atoms with Gasteiger partial charge in [0, 0.05) is 30.8 Å². The summed E-state index contributed by atoms with van der Waals surface area (Å²) in [7, 11) is 1.58. The predicted octanol–water partition coefficient (Wildman–Crippen LogP) is 0.692. The first-order valence-electron chi connectivity index (χ1n) is 5.33. The summed E-state index contributed by atoms with van der Waals surface area (Å²) in [6.45, 7) is 5.40.